The van der Waals surface area contributed by atoms with Crippen LogP contribution in [0.1, 0.15) is 53.9 Å². The van der Waals surface area contributed by atoms with Gasteiger partial charge in [0.2, 0.25) is 0 Å². The number of thiazole rings is 1. The number of carbonyl (C=O) groups excluding carboxylic acids is 1. The SMILES string of the molecule is CCOC(=O)C1=C(c2ccccc2)N=c2s/c(=C\c3cc(C)n(C[C@@H]4CCCO4)c3C)c(=O)n2[C@H]1c1cccc(OC)c1OC. The number of hydrogen-bond donors (Lipinski definition) is 0. The van der Waals surface area contributed by atoms with Gasteiger partial charge >= 0.3 is 5.97 Å². The third-order valence-corrected chi connectivity index (χ3v) is 9.39. The lowest BCUT2D eigenvalue weighted by Gasteiger charge is -2.27. The van der Waals surface area contributed by atoms with Crippen molar-refractivity contribution in [1.29, 1.82) is 0 Å². The Balaban J connectivity index is 1.60. The number of benzene rings is 2. The van der Waals surface area contributed by atoms with Crippen molar-refractivity contribution in [3.63, 3.8) is 0 Å². The van der Waals surface area contributed by atoms with Crippen molar-refractivity contribution < 1.29 is 23.7 Å². The summed E-state index contributed by atoms with van der Waals surface area (Å²) < 4.78 is 27.3. The van der Waals surface area contributed by atoms with E-state index in [1.807, 2.05) is 48.5 Å². The van der Waals surface area contributed by atoms with Gasteiger partial charge < -0.3 is 23.5 Å². The summed E-state index contributed by atoms with van der Waals surface area (Å²) in [6.45, 7) is 7.65. The smallest absolute Gasteiger partial charge is 0.338 e. The van der Waals surface area contributed by atoms with Crippen LogP contribution >= 0.6 is 11.3 Å². The minimum absolute atomic E-state index is 0.165. The molecule has 0 aliphatic carbocycles. The number of hydrogen-bond acceptors (Lipinski definition) is 8. The third kappa shape index (κ3) is 5.64. The molecular formula is C35H37N3O6S. The number of esters is 1. The number of aromatic nitrogens is 2. The molecule has 4 heterocycles. The molecule has 4 aromatic rings. The van der Waals surface area contributed by atoms with Gasteiger partial charge in [0.15, 0.2) is 16.3 Å². The number of methoxy groups -OCH3 is 2. The van der Waals surface area contributed by atoms with Gasteiger partial charge in [-0.25, -0.2) is 9.79 Å². The zero-order valence-electron chi connectivity index (χ0n) is 26.2. The summed E-state index contributed by atoms with van der Waals surface area (Å²) in [6.07, 6.45) is 4.25. The number of aryl methyl sites for hydroxylation is 1. The van der Waals surface area contributed by atoms with Crippen molar-refractivity contribution in [1.82, 2.24) is 9.13 Å². The van der Waals surface area contributed by atoms with Crippen LogP contribution < -0.4 is 24.4 Å². The summed E-state index contributed by atoms with van der Waals surface area (Å²) in [5.74, 6) is 0.354. The molecule has 0 bridgehead atoms. The van der Waals surface area contributed by atoms with Crippen LogP contribution in [0.15, 0.2) is 70.0 Å². The van der Waals surface area contributed by atoms with Crippen LogP contribution in [0.25, 0.3) is 11.8 Å². The first kappa shape index (κ1) is 30.6. The van der Waals surface area contributed by atoms with Crippen LogP contribution in [0, 0.1) is 13.8 Å². The topological polar surface area (TPSA) is 93.3 Å². The first-order valence-corrected chi connectivity index (χ1v) is 16.0. The van der Waals surface area contributed by atoms with Gasteiger partial charge in [-0.1, -0.05) is 53.8 Å². The highest BCUT2D eigenvalue weighted by Crippen LogP contribution is 2.42. The molecule has 0 N–H and O–H groups in total. The van der Waals surface area contributed by atoms with E-state index in [4.69, 9.17) is 23.9 Å². The number of para-hydroxylation sites is 1. The van der Waals surface area contributed by atoms with Crippen molar-refractivity contribution in [2.45, 2.75) is 52.3 Å². The van der Waals surface area contributed by atoms with E-state index in [2.05, 4.69) is 24.5 Å². The molecule has 45 heavy (non-hydrogen) atoms. The standard InChI is InChI=1S/C35H37N3O6S/c1-6-43-34(40)29-30(23-12-8-7-9-13-23)36-35-38(31(29)26-15-10-16-27(41-4)32(26)42-5)33(39)28(45-35)19-24-18-21(2)37(22(24)3)20-25-14-11-17-44-25/h7-10,12-13,15-16,18-19,25,31H,6,11,14,17,20H2,1-5H3/b28-19-/t25-,31-/m0/s1. The maximum Gasteiger partial charge on any atom is 0.338 e. The predicted molar refractivity (Wildman–Crippen MR) is 173 cm³/mol. The second-order valence-corrected chi connectivity index (χ2v) is 12.1. The number of nitrogens with zero attached hydrogens (tertiary/aromatic N) is 3. The molecule has 1 fully saturated rings. The van der Waals surface area contributed by atoms with Crippen LogP contribution in [0.3, 0.4) is 0 Å². The van der Waals surface area contributed by atoms with Gasteiger partial charge in [-0.05, 0) is 57.4 Å². The Hall–Kier alpha value is -4.41. The number of ether oxygens (including phenoxy) is 4. The van der Waals surface area contributed by atoms with E-state index in [9.17, 15) is 9.59 Å². The second kappa shape index (κ2) is 12.9. The summed E-state index contributed by atoms with van der Waals surface area (Å²) in [6, 6.07) is 16.2. The molecule has 1 saturated heterocycles. The molecule has 234 valence electrons. The highest BCUT2D eigenvalue weighted by Gasteiger charge is 2.37. The number of carbonyl (C=O) groups is 1. The van der Waals surface area contributed by atoms with Crippen LogP contribution in [-0.4, -0.2) is 48.6 Å². The Morgan fingerprint density at radius 1 is 1.11 bits per heavy atom. The number of fused-ring (bicyclic) bond motifs is 1. The molecule has 0 amide bonds. The summed E-state index contributed by atoms with van der Waals surface area (Å²) in [7, 11) is 3.10. The first-order valence-electron chi connectivity index (χ1n) is 15.1. The van der Waals surface area contributed by atoms with Crippen LogP contribution in [-0.2, 0) is 20.8 Å². The average Bonchev–Trinajstić information content (AvgIpc) is 3.75. The Kier molecular flexibility index (Phi) is 8.78. The molecule has 0 spiro atoms. The van der Waals surface area contributed by atoms with E-state index in [-0.39, 0.29) is 23.8 Å². The maximum absolute atomic E-state index is 14.4. The molecule has 2 aromatic carbocycles. The number of rotatable bonds is 9. The van der Waals surface area contributed by atoms with E-state index in [0.717, 1.165) is 48.5 Å². The van der Waals surface area contributed by atoms with E-state index >= 15 is 0 Å². The fraction of sp³-hybridized carbons (Fsp3) is 0.343. The van der Waals surface area contributed by atoms with Gasteiger partial charge in [0, 0.05) is 35.7 Å². The summed E-state index contributed by atoms with van der Waals surface area (Å²) in [4.78, 5) is 33.7. The molecule has 0 unspecified atom stereocenters. The Labute approximate surface area is 265 Å². The van der Waals surface area contributed by atoms with E-state index in [1.165, 1.54) is 11.3 Å². The molecule has 2 aliphatic heterocycles. The summed E-state index contributed by atoms with van der Waals surface area (Å²) >= 11 is 1.30. The molecule has 2 aromatic heterocycles. The van der Waals surface area contributed by atoms with Gasteiger partial charge in [0.25, 0.3) is 5.56 Å². The fourth-order valence-corrected chi connectivity index (χ4v) is 7.24. The van der Waals surface area contributed by atoms with Gasteiger partial charge in [0.1, 0.15) is 6.04 Å². The third-order valence-electron chi connectivity index (χ3n) is 8.41. The Bertz CT molecular complexity index is 1950. The van der Waals surface area contributed by atoms with Gasteiger partial charge in [-0.15, -0.1) is 0 Å². The van der Waals surface area contributed by atoms with Crippen molar-refractivity contribution >= 4 is 29.1 Å². The van der Waals surface area contributed by atoms with Crippen molar-refractivity contribution in [3.05, 3.63) is 108 Å². The van der Waals surface area contributed by atoms with Gasteiger partial charge in [0.05, 0.1) is 42.7 Å². The zero-order valence-corrected chi connectivity index (χ0v) is 27.0. The zero-order chi connectivity index (χ0) is 31.7. The lowest BCUT2D eigenvalue weighted by molar-refractivity contribution is -0.138. The normalized spacial score (nSPS) is 18.1. The van der Waals surface area contributed by atoms with E-state index in [1.54, 1.807) is 31.8 Å². The van der Waals surface area contributed by atoms with Crippen LogP contribution in [0.2, 0.25) is 0 Å². The second-order valence-electron chi connectivity index (χ2n) is 11.1. The van der Waals surface area contributed by atoms with Gasteiger partial charge in [-0.3, -0.25) is 9.36 Å². The summed E-state index contributed by atoms with van der Waals surface area (Å²) in [5, 5.41) is 0. The molecular weight excluding hydrogens is 590 g/mol. The van der Waals surface area contributed by atoms with E-state index in [0.29, 0.717) is 32.1 Å². The molecule has 0 radical (unpaired) electrons. The predicted octanol–water partition coefficient (Wildman–Crippen LogP) is 4.55. The molecule has 10 heteroatoms. The minimum Gasteiger partial charge on any atom is -0.493 e. The maximum atomic E-state index is 14.4. The molecule has 6 rings (SSSR count). The Morgan fingerprint density at radius 3 is 2.60 bits per heavy atom. The molecule has 2 aliphatic rings. The highest BCUT2D eigenvalue weighted by molar-refractivity contribution is 7.07. The fourth-order valence-electron chi connectivity index (χ4n) is 6.25. The van der Waals surface area contributed by atoms with Crippen LogP contribution in [0.5, 0.6) is 11.5 Å². The average molecular weight is 628 g/mol. The monoisotopic (exact) mass is 627 g/mol. The van der Waals surface area contributed by atoms with E-state index < -0.39 is 12.0 Å². The van der Waals surface area contributed by atoms with Gasteiger partial charge in [-0.2, -0.15) is 0 Å². The molecule has 0 saturated carbocycles. The van der Waals surface area contributed by atoms with Crippen molar-refractivity contribution in [3.8, 4) is 11.5 Å². The van der Waals surface area contributed by atoms with Crippen molar-refractivity contribution in [2.75, 3.05) is 27.4 Å². The summed E-state index contributed by atoms with van der Waals surface area (Å²) in [5.41, 5.74) is 4.91. The first-order chi connectivity index (χ1) is 21.9. The lowest BCUT2D eigenvalue weighted by atomic mass is 9.92. The Morgan fingerprint density at radius 2 is 1.91 bits per heavy atom. The highest BCUT2D eigenvalue weighted by atomic mass is 32.1. The molecule has 2 atom stereocenters. The largest absolute Gasteiger partial charge is 0.493 e. The molecule has 9 nitrogen and oxygen atoms in total. The minimum atomic E-state index is -0.880. The lowest BCUT2D eigenvalue weighted by Crippen LogP contribution is -2.40. The van der Waals surface area contributed by atoms with Crippen molar-refractivity contribution in [2.24, 2.45) is 4.99 Å². The van der Waals surface area contributed by atoms with Crippen LogP contribution in [0.4, 0.5) is 0 Å². The quantitative estimate of drug-likeness (QED) is 0.253.